The van der Waals surface area contributed by atoms with Crippen molar-refractivity contribution in [1.82, 2.24) is 15.2 Å². The molecule has 136 valence electrons. The molecule has 4 aromatic rings. The molecule has 0 bridgehead atoms. The molecule has 0 atom stereocenters. The van der Waals surface area contributed by atoms with Crippen LogP contribution in [0.5, 0.6) is 0 Å². The van der Waals surface area contributed by atoms with Gasteiger partial charge in [0.1, 0.15) is 0 Å². The molecule has 2 aromatic heterocycles. The lowest BCUT2D eigenvalue weighted by Crippen LogP contribution is -2.11. The number of carbonyl (C=O) groups excluding carboxylic acids is 1. The lowest BCUT2D eigenvalue weighted by atomic mass is 10.0. The van der Waals surface area contributed by atoms with Crippen molar-refractivity contribution in [3.8, 4) is 0 Å². The number of aromatic nitrogens is 3. The van der Waals surface area contributed by atoms with Crippen LogP contribution >= 0.6 is 11.3 Å². The second-order valence-corrected chi connectivity index (χ2v) is 7.45. The van der Waals surface area contributed by atoms with Crippen LogP contribution in [0, 0.1) is 0 Å². The van der Waals surface area contributed by atoms with Gasteiger partial charge in [-0.2, -0.15) is 0 Å². The number of hydrogen-bond acceptors (Lipinski definition) is 6. The van der Waals surface area contributed by atoms with Crippen LogP contribution in [-0.4, -0.2) is 21.1 Å². The molecule has 0 fully saturated rings. The van der Waals surface area contributed by atoms with Crippen molar-refractivity contribution >= 4 is 33.5 Å². The van der Waals surface area contributed by atoms with Gasteiger partial charge >= 0.3 is 6.01 Å². The van der Waals surface area contributed by atoms with Gasteiger partial charge in [0.15, 0.2) is 0 Å². The average molecular weight is 378 g/mol. The van der Waals surface area contributed by atoms with Crippen molar-refractivity contribution in [2.45, 2.75) is 26.2 Å². The molecule has 6 nitrogen and oxygen atoms in total. The lowest BCUT2D eigenvalue weighted by Gasteiger charge is -2.05. The fourth-order valence-electron chi connectivity index (χ4n) is 2.74. The first-order valence-corrected chi connectivity index (χ1v) is 9.52. The Balaban J connectivity index is 1.43. The third kappa shape index (κ3) is 3.88. The summed E-state index contributed by atoms with van der Waals surface area (Å²) >= 11 is 1.49. The summed E-state index contributed by atoms with van der Waals surface area (Å²) < 4.78 is 6.52. The highest BCUT2D eigenvalue weighted by atomic mass is 32.1. The minimum Gasteiger partial charge on any atom is -0.407 e. The molecule has 1 amide bonds. The van der Waals surface area contributed by atoms with Crippen LogP contribution in [-0.2, 0) is 6.42 Å². The van der Waals surface area contributed by atoms with Crippen LogP contribution in [0.1, 0.15) is 47.1 Å². The van der Waals surface area contributed by atoms with Crippen LogP contribution in [0.25, 0.3) is 10.2 Å². The van der Waals surface area contributed by atoms with E-state index in [0.717, 1.165) is 15.8 Å². The molecule has 7 heteroatoms. The molecular formula is C20H18N4O2S. The molecule has 0 saturated carbocycles. The Labute approximate surface area is 160 Å². The normalized spacial score (nSPS) is 11.2. The molecule has 4 rings (SSSR count). The largest absolute Gasteiger partial charge is 0.407 e. The Bertz CT molecular complexity index is 1080. The van der Waals surface area contributed by atoms with E-state index in [-0.39, 0.29) is 11.9 Å². The average Bonchev–Trinajstić information content (AvgIpc) is 3.30. The van der Waals surface area contributed by atoms with Crippen LogP contribution in [0.15, 0.2) is 52.4 Å². The maximum atomic E-state index is 12.4. The lowest BCUT2D eigenvalue weighted by molar-refractivity contribution is 0.102. The number of benzene rings is 2. The number of hydrogen-bond donors (Lipinski definition) is 1. The van der Waals surface area contributed by atoms with Gasteiger partial charge in [0.25, 0.3) is 5.91 Å². The van der Waals surface area contributed by atoms with Gasteiger partial charge in [-0.1, -0.05) is 43.2 Å². The zero-order chi connectivity index (χ0) is 18.8. The summed E-state index contributed by atoms with van der Waals surface area (Å²) in [6.45, 7) is 4.32. The number of fused-ring (bicyclic) bond motifs is 1. The van der Waals surface area contributed by atoms with Gasteiger partial charge in [0.05, 0.1) is 22.1 Å². The predicted octanol–water partition coefficient (Wildman–Crippen LogP) is 4.65. The summed E-state index contributed by atoms with van der Waals surface area (Å²) in [6, 6.07) is 13.8. The van der Waals surface area contributed by atoms with E-state index >= 15 is 0 Å². The van der Waals surface area contributed by atoms with Crippen molar-refractivity contribution in [2.24, 2.45) is 0 Å². The van der Waals surface area contributed by atoms with Crippen molar-refractivity contribution in [3.05, 3.63) is 70.6 Å². The fourth-order valence-corrected chi connectivity index (χ4v) is 3.45. The molecule has 0 spiro atoms. The van der Waals surface area contributed by atoms with Crippen molar-refractivity contribution in [2.75, 3.05) is 5.32 Å². The Morgan fingerprint density at radius 1 is 1.15 bits per heavy atom. The van der Waals surface area contributed by atoms with E-state index < -0.39 is 0 Å². The molecule has 1 N–H and O–H groups in total. The van der Waals surface area contributed by atoms with E-state index in [2.05, 4.69) is 58.6 Å². The Morgan fingerprint density at radius 2 is 1.96 bits per heavy atom. The maximum absolute atomic E-state index is 12.4. The van der Waals surface area contributed by atoms with Crippen molar-refractivity contribution in [1.29, 1.82) is 0 Å². The summed E-state index contributed by atoms with van der Waals surface area (Å²) in [4.78, 5) is 16.6. The zero-order valence-corrected chi connectivity index (χ0v) is 15.8. The number of rotatable bonds is 5. The number of carbonyl (C=O) groups is 1. The highest BCUT2D eigenvalue weighted by Gasteiger charge is 2.13. The van der Waals surface area contributed by atoms with Gasteiger partial charge in [0.2, 0.25) is 5.89 Å². The van der Waals surface area contributed by atoms with Crippen LogP contribution in [0.2, 0.25) is 0 Å². The first kappa shape index (κ1) is 17.4. The first-order chi connectivity index (χ1) is 13.1. The molecule has 0 aliphatic heterocycles. The van der Waals surface area contributed by atoms with E-state index in [9.17, 15) is 4.79 Å². The van der Waals surface area contributed by atoms with E-state index in [1.165, 1.54) is 16.9 Å². The highest BCUT2D eigenvalue weighted by Crippen LogP contribution is 2.20. The van der Waals surface area contributed by atoms with Gasteiger partial charge in [-0.15, -0.1) is 16.4 Å². The highest BCUT2D eigenvalue weighted by molar-refractivity contribution is 7.16. The topological polar surface area (TPSA) is 80.9 Å². The molecule has 0 aliphatic rings. The van der Waals surface area contributed by atoms with Crippen LogP contribution in [0.3, 0.4) is 0 Å². The third-order valence-electron chi connectivity index (χ3n) is 4.28. The van der Waals surface area contributed by atoms with E-state index in [4.69, 9.17) is 4.42 Å². The fraction of sp³-hybridized carbons (Fsp3) is 0.200. The molecule has 0 radical (unpaired) electrons. The quantitative estimate of drug-likeness (QED) is 0.547. The van der Waals surface area contributed by atoms with Crippen molar-refractivity contribution < 1.29 is 9.21 Å². The Hall–Kier alpha value is -3.06. The monoisotopic (exact) mass is 378 g/mol. The molecule has 0 aliphatic carbocycles. The van der Waals surface area contributed by atoms with Gasteiger partial charge in [0, 0.05) is 5.56 Å². The third-order valence-corrected chi connectivity index (χ3v) is 5.07. The molecular weight excluding hydrogens is 360 g/mol. The maximum Gasteiger partial charge on any atom is 0.322 e. The van der Waals surface area contributed by atoms with Gasteiger partial charge in [-0.05, 0) is 35.2 Å². The van der Waals surface area contributed by atoms with E-state index in [1.807, 2.05) is 6.07 Å². The second-order valence-electron chi connectivity index (χ2n) is 6.56. The smallest absolute Gasteiger partial charge is 0.322 e. The van der Waals surface area contributed by atoms with Gasteiger partial charge in [-0.25, -0.2) is 4.98 Å². The van der Waals surface area contributed by atoms with E-state index in [1.54, 1.807) is 17.6 Å². The number of nitrogens with zero attached hydrogens (tertiary/aromatic N) is 3. The summed E-state index contributed by atoms with van der Waals surface area (Å²) in [5, 5.41) is 10.6. The predicted molar refractivity (Wildman–Crippen MR) is 105 cm³/mol. The molecule has 0 saturated heterocycles. The second kappa shape index (κ2) is 7.28. The van der Waals surface area contributed by atoms with Gasteiger partial charge in [-0.3, -0.25) is 10.1 Å². The van der Waals surface area contributed by atoms with Crippen LogP contribution < -0.4 is 5.32 Å². The number of anilines is 1. The summed E-state index contributed by atoms with van der Waals surface area (Å²) in [5.74, 6) is 0.663. The van der Waals surface area contributed by atoms with Crippen molar-refractivity contribution in [3.63, 3.8) is 0 Å². The zero-order valence-electron chi connectivity index (χ0n) is 15.0. The Morgan fingerprint density at radius 3 is 2.74 bits per heavy atom. The first-order valence-electron chi connectivity index (χ1n) is 8.64. The van der Waals surface area contributed by atoms with E-state index in [0.29, 0.717) is 23.8 Å². The number of nitrogens with one attached hydrogen (secondary N) is 1. The van der Waals surface area contributed by atoms with Gasteiger partial charge < -0.3 is 4.42 Å². The Kier molecular flexibility index (Phi) is 4.68. The number of amides is 1. The summed E-state index contributed by atoms with van der Waals surface area (Å²) in [6.07, 6.45) is 0.522. The molecule has 2 heterocycles. The molecule has 0 unspecified atom stereocenters. The minimum absolute atomic E-state index is 0.0956. The molecule has 27 heavy (non-hydrogen) atoms. The standard InChI is InChI=1S/C20H18N4O2S/c1-12(2)14-5-3-13(4-6-14)9-18-23-24-20(26-18)22-19(25)15-7-8-16-17(10-15)27-11-21-16/h3-8,10-12H,9H2,1-2H3,(H,22,24,25). The summed E-state index contributed by atoms with van der Waals surface area (Å²) in [5.41, 5.74) is 5.52. The summed E-state index contributed by atoms with van der Waals surface area (Å²) in [7, 11) is 0. The van der Waals surface area contributed by atoms with Crippen LogP contribution in [0.4, 0.5) is 6.01 Å². The number of thiazole rings is 1. The molecule has 2 aromatic carbocycles. The minimum atomic E-state index is -0.290. The SMILES string of the molecule is CC(C)c1ccc(Cc2nnc(NC(=O)c3ccc4ncsc4c3)o2)cc1.